The Morgan fingerprint density at radius 3 is 2.79 bits per heavy atom. The number of hydrogen-bond donors (Lipinski definition) is 1. The Labute approximate surface area is 141 Å². The molecule has 0 saturated carbocycles. The number of carbonyl (C=O) groups is 2. The summed E-state index contributed by atoms with van der Waals surface area (Å²) in [5.74, 6) is 6.14. The lowest BCUT2D eigenvalue weighted by Gasteiger charge is -2.16. The second kappa shape index (κ2) is 7.69. The average Bonchev–Trinajstić information content (AvgIpc) is 3.06. The molecule has 24 heavy (non-hydrogen) atoms. The highest BCUT2D eigenvalue weighted by Gasteiger charge is 2.23. The van der Waals surface area contributed by atoms with Crippen LogP contribution in [-0.2, 0) is 9.53 Å². The number of carbonyl (C=O) groups excluding carboxylic acids is 2. The maximum absolute atomic E-state index is 12.0. The standard InChI is InChI=1S/C19H20N2O3/c22-18(16-6-2-1-3-7-16)20-12-4-5-15-8-10-17(11-9-15)21-13-14-24-19(21)23/h1-2,8-11,16H,3,6-7,12-14H2,(H,20,22). The molecule has 1 atom stereocenters. The van der Waals surface area contributed by atoms with Gasteiger partial charge in [-0.25, -0.2) is 4.79 Å². The number of benzene rings is 1. The van der Waals surface area contributed by atoms with Crippen molar-refractivity contribution in [1.29, 1.82) is 0 Å². The molecule has 2 amide bonds. The number of anilines is 1. The number of nitrogens with zero attached hydrogens (tertiary/aromatic N) is 1. The van der Waals surface area contributed by atoms with Gasteiger partial charge in [-0.05, 0) is 43.5 Å². The fourth-order valence-corrected chi connectivity index (χ4v) is 2.81. The van der Waals surface area contributed by atoms with Gasteiger partial charge in [-0.15, -0.1) is 0 Å². The van der Waals surface area contributed by atoms with E-state index in [9.17, 15) is 9.59 Å². The molecule has 5 nitrogen and oxygen atoms in total. The summed E-state index contributed by atoms with van der Waals surface area (Å²) in [5, 5.41) is 2.87. The SMILES string of the molecule is O=C(NCC#Cc1ccc(N2CCOC2=O)cc1)C1CC=CCC1. The summed E-state index contributed by atoms with van der Waals surface area (Å²) in [6.45, 7) is 1.35. The Kier molecular flexibility index (Phi) is 5.17. The lowest BCUT2D eigenvalue weighted by atomic mass is 9.94. The third-order valence-corrected chi connectivity index (χ3v) is 4.16. The van der Waals surface area contributed by atoms with Gasteiger partial charge >= 0.3 is 6.09 Å². The number of allylic oxidation sites excluding steroid dienone is 2. The highest BCUT2D eigenvalue weighted by atomic mass is 16.6. The molecule has 1 aromatic rings. The van der Waals surface area contributed by atoms with Gasteiger partial charge in [0.25, 0.3) is 0 Å². The molecular weight excluding hydrogens is 304 g/mol. The maximum atomic E-state index is 12.0. The summed E-state index contributed by atoms with van der Waals surface area (Å²) in [6.07, 6.45) is 6.58. The highest BCUT2D eigenvalue weighted by Crippen LogP contribution is 2.19. The normalized spacial score (nSPS) is 19.4. The van der Waals surface area contributed by atoms with Crippen molar-refractivity contribution in [3.63, 3.8) is 0 Å². The van der Waals surface area contributed by atoms with Crippen LogP contribution in [0.25, 0.3) is 0 Å². The van der Waals surface area contributed by atoms with Crippen molar-refractivity contribution in [3.8, 4) is 11.8 Å². The van der Waals surface area contributed by atoms with Crippen molar-refractivity contribution < 1.29 is 14.3 Å². The third-order valence-electron chi connectivity index (χ3n) is 4.16. The fourth-order valence-electron chi connectivity index (χ4n) is 2.81. The second-order valence-corrected chi connectivity index (χ2v) is 5.81. The predicted octanol–water partition coefficient (Wildman–Crippen LogP) is 2.47. The summed E-state index contributed by atoms with van der Waals surface area (Å²) >= 11 is 0. The van der Waals surface area contributed by atoms with Gasteiger partial charge in [-0.3, -0.25) is 9.69 Å². The van der Waals surface area contributed by atoms with E-state index >= 15 is 0 Å². The van der Waals surface area contributed by atoms with E-state index < -0.39 is 0 Å². The van der Waals surface area contributed by atoms with Gasteiger partial charge in [0.1, 0.15) is 6.61 Å². The van der Waals surface area contributed by atoms with E-state index in [4.69, 9.17) is 4.74 Å². The molecule has 0 aromatic heterocycles. The first-order valence-electron chi connectivity index (χ1n) is 8.20. The molecule has 1 N–H and O–H groups in total. The van der Waals surface area contributed by atoms with E-state index in [1.807, 2.05) is 24.3 Å². The van der Waals surface area contributed by atoms with Crippen LogP contribution >= 0.6 is 0 Å². The Morgan fingerprint density at radius 1 is 1.29 bits per heavy atom. The smallest absolute Gasteiger partial charge is 0.414 e. The lowest BCUT2D eigenvalue weighted by Crippen LogP contribution is -2.31. The van der Waals surface area contributed by atoms with E-state index in [1.165, 1.54) is 0 Å². The molecule has 1 heterocycles. The van der Waals surface area contributed by atoms with E-state index in [1.54, 1.807) is 4.90 Å². The van der Waals surface area contributed by atoms with Crippen LogP contribution in [-0.4, -0.2) is 31.7 Å². The molecular formula is C19H20N2O3. The van der Waals surface area contributed by atoms with Crippen molar-refractivity contribution in [2.45, 2.75) is 19.3 Å². The Morgan fingerprint density at radius 2 is 2.12 bits per heavy atom. The molecule has 1 saturated heterocycles. The molecule has 1 aliphatic carbocycles. The predicted molar refractivity (Wildman–Crippen MR) is 91.5 cm³/mol. The minimum atomic E-state index is -0.311. The Bertz CT molecular complexity index is 698. The number of nitrogens with one attached hydrogen (secondary N) is 1. The van der Waals surface area contributed by atoms with Gasteiger partial charge in [0.15, 0.2) is 0 Å². The molecule has 5 heteroatoms. The van der Waals surface area contributed by atoms with Crippen molar-refractivity contribution in [2.24, 2.45) is 5.92 Å². The van der Waals surface area contributed by atoms with E-state index in [0.717, 1.165) is 30.5 Å². The fraction of sp³-hybridized carbons (Fsp3) is 0.368. The topological polar surface area (TPSA) is 58.6 Å². The number of amides is 2. The monoisotopic (exact) mass is 324 g/mol. The molecule has 3 rings (SSSR count). The first-order valence-corrected chi connectivity index (χ1v) is 8.20. The van der Waals surface area contributed by atoms with Crippen molar-refractivity contribution in [3.05, 3.63) is 42.0 Å². The summed E-state index contributed by atoms with van der Waals surface area (Å²) in [7, 11) is 0. The molecule has 1 aromatic carbocycles. The van der Waals surface area contributed by atoms with Gasteiger partial charge in [-0.1, -0.05) is 24.0 Å². The molecule has 2 aliphatic rings. The van der Waals surface area contributed by atoms with Crippen LogP contribution in [0.1, 0.15) is 24.8 Å². The number of ether oxygens (including phenoxy) is 1. The Balaban J connectivity index is 1.49. The summed E-state index contributed by atoms with van der Waals surface area (Å²) in [5.41, 5.74) is 1.66. The van der Waals surface area contributed by atoms with Gasteiger partial charge < -0.3 is 10.1 Å². The second-order valence-electron chi connectivity index (χ2n) is 5.81. The minimum Gasteiger partial charge on any atom is -0.447 e. The average molecular weight is 324 g/mol. The Hall–Kier alpha value is -2.74. The van der Waals surface area contributed by atoms with Gasteiger partial charge in [0, 0.05) is 17.2 Å². The summed E-state index contributed by atoms with van der Waals surface area (Å²) < 4.78 is 4.92. The lowest BCUT2D eigenvalue weighted by molar-refractivity contribution is -0.124. The number of rotatable bonds is 3. The van der Waals surface area contributed by atoms with Crippen LogP contribution in [0.5, 0.6) is 0 Å². The van der Waals surface area contributed by atoms with Gasteiger partial charge in [0.2, 0.25) is 5.91 Å². The van der Waals surface area contributed by atoms with Crippen LogP contribution in [0, 0.1) is 17.8 Å². The van der Waals surface area contributed by atoms with Crippen LogP contribution < -0.4 is 10.2 Å². The number of cyclic esters (lactones) is 1. The quantitative estimate of drug-likeness (QED) is 0.686. The molecule has 1 unspecified atom stereocenters. The molecule has 1 fully saturated rings. The van der Waals surface area contributed by atoms with Gasteiger partial charge in [-0.2, -0.15) is 0 Å². The van der Waals surface area contributed by atoms with Crippen molar-refractivity contribution in [1.82, 2.24) is 5.32 Å². The van der Waals surface area contributed by atoms with Crippen molar-refractivity contribution >= 4 is 17.7 Å². The first-order chi connectivity index (χ1) is 11.7. The molecule has 124 valence electrons. The van der Waals surface area contributed by atoms with E-state index in [2.05, 4.69) is 29.3 Å². The van der Waals surface area contributed by atoms with Crippen molar-refractivity contribution in [2.75, 3.05) is 24.6 Å². The van der Waals surface area contributed by atoms with Gasteiger partial charge in [0.05, 0.1) is 13.1 Å². The molecule has 1 aliphatic heterocycles. The summed E-state index contributed by atoms with van der Waals surface area (Å²) in [4.78, 5) is 25.1. The van der Waals surface area contributed by atoms with Crippen LogP contribution in [0.3, 0.4) is 0 Å². The van der Waals surface area contributed by atoms with E-state index in [0.29, 0.717) is 19.7 Å². The van der Waals surface area contributed by atoms with Crippen LogP contribution in [0.15, 0.2) is 36.4 Å². The highest BCUT2D eigenvalue weighted by molar-refractivity contribution is 5.89. The molecule has 0 radical (unpaired) electrons. The van der Waals surface area contributed by atoms with Crippen LogP contribution in [0.4, 0.5) is 10.5 Å². The largest absolute Gasteiger partial charge is 0.447 e. The zero-order chi connectivity index (χ0) is 16.8. The maximum Gasteiger partial charge on any atom is 0.414 e. The molecule has 0 spiro atoms. The first kappa shape index (κ1) is 16.1. The number of hydrogen-bond acceptors (Lipinski definition) is 3. The summed E-state index contributed by atoms with van der Waals surface area (Å²) in [6, 6.07) is 7.43. The molecule has 0 bridgehead atoms. The zero-order valence-electron chi connectivity index (χ0n) is 13.5. The van der Waals surface area contributed by atoms with Crippen LogP contribution in [0.2, 0.25) is 0 Å². The van der Waals surface area contributed by atoms with E-state index in [-0.39, 0.29) is 17.9 Å². The zero-order valence-corrected chi connectivity index (χ0v) is 13.5. The minimum absolute atomic E-state index is 0.0799. The third kappa shape index (κ3) is 3.96.